The molecule has 3 heteroatoms. The number of aliphatic hydroxyl groups is 2. The van der Waals surface area contributed by atoms with Crippen LogP contribution in [0.25, 0.3) is 0 Å². The molecule has 0 spiro atoms. The Hall–Kier alpha value is -0.850. The number of rotatable bonds is 11. The van der Waals surface area contributed by atoms with Gasteiger partial charge in [-0.15, -0.1) is 0 Å². The van der Waals surface area contributed by atoms with E-state index < -0.39 is 12.2 Å². The van der Waals surface area contributed by atoms with Gasteiger partial charge in [0.15, 0.2) is 0 Å². The van der Waals surface area contributed by atoms with Crippen LogP contribution in [0.2, 0.25) is 0 Å². The predicted octanol–water partition coefficient (Wildman–Crippen LogP) is 6.44. The van der Waals surface area contributed by atoms with Gasteiger partial charge in [0.05, 0.1) is 12.0 Å². The SMILES string of the molecule is CCCCCCC1C(=O)C2(CCCCCC)CC[C@H](O)[C@@H](C#C[C@@H](O)C3CCCCC3)[C@@H]12. The molecule has 182 valence electrons. The van der Waals surface area contributed by atoms with Crippen molar-refractivity contribution in [2.45, 2.75) is 135 Å². The quantitative estimate of drug-likeness (QED) is 0.285. The second-order valence-corrected chi connectivity index (χ2v) is 11.1. The molecule has 0 aromatic carbocycles. The van der Waals surface area contributed by atoms with Crippen molar-refractivity contribution in [3.63, 3.8) is 0 Å². The Morgan fingerprint density at radius 1 is 0.969 bits per heavy atom. The molecule has 3 aliphatic rings. The van der Waals surface area contributed by atoms with Crippen molar-refractivity contribution in [2.24, 2.45) is 29.1 Å². The van der Waals surface area contributed by atoms with Crippen molar-refractivity contribution in [3.05, 3.63) is 0 Å². The predicted molar refractivity (Wildman–Crippen MR) is 131 cm³/mol. The van der Waals surface area contributed by atoms with Gasteiger partial charge in [0, 0.05) is 11.3 Å². The van der Waals surface area contributed by atoms with Crippen molar-refractivity contribution in [1.29, 1.82) is 0 Å². The molecule has 0 saturated heterocycles. The van der Waals surface area contributed by atoms with Crippen LogP contribution in [0.4, 0.5) is 0 Å². The minimum atomic E-state index is -0.581. The van der Waals surface area contributed by atoms with E-state index in [2.05, 4.69) is 25.7 Å². The Bertz CT molecular complexity index is 641. The monoisotopic (exact) mass is 444 g/mol. The van der Waals surface area contributed by atoms with Crippen LogP contribution in [-0.4, -0.2) is 28.2 Å². The van der Waals surface area contributed by atoms with E-state index in [0.717, 1.165) is 44.9 Å². The maximum Gasteiger partial charge on any atom is 0.142 e. The molecule has 0 aromatic heterocycles. The molecule has 32 heavy (non-hydrogen) atoms. The number of Topliss-reactive ketones (excluding diaryl/α,β-unsaturated/α-hetero) is 1. The minimum absolute atomic E-state index is 0.0686. The molecule has 0 aliphatic heterocycles. The van der Waals surface area contributed by atoms with E-state index in [0.29, 0.717) is 12.2 Å². The van der Waals surface area contributed by atoms with Gasteiger partial charge in [-0.05, 0) is 50.4 Å². The van der Waals surface area contributed by atoms with Gasteiger partial charge in [-0.3, -0.25) is 4.79 Å². The Labute approximate surface area is 197 Å². The molecule has 2 N–H and O–H groups in total. The van der Waals surface area contributed by atoms with Crippen molar-refractivity contribution in [1.82, 2.24) is 0 Å². The third-order valence-electron chi connectivity index (χ3n) is 8.93. The Kier molecular flexibility index (Phi) is 10.1. The summed E-state index contributed by atoms with van der Waals surface area (Å²) in [5.41, 5.74) is -0.252. The fourth-order valence-electron chi connectivity index (χ4n) is 7.01. The fraction of sp³-hybridized carbons (Fsp3) is 0.897. The number of aliphatic hydroxyl groups excluding tert-OH is 2. The normalized spacial score (nSPS) is 33.7. The van der Waals surface area contributed by atoms with Crippen molar-refractivity contribution in [3.8, 4) is 11.8 Å². The first-order valence-corrected chi connectivity index (χ1v) is 14.0. The Morgan fingerprint density at radius 2 is 1.66 bits per heavy atom. The lowest BCUT2D eigenvalue weighted by molar-refractivity contribution is -0.177. The molecule has 6 atom stereocenters. The van der Waals surface area contributed by atoms with Gasteiger partial charge < -0.3 is 10.2 Å². The molecular formula is C29H48O3. The summed E-state index contributed by atoms with van der Waals surface area (Å²) < 4.78 is 0. The lowest BCUT2D eigenvalue weighted by Gasteiger charge is -2.60. The zero-order valence-electron chi connectivity index (χ0n) is 20.8. The third kappa shape index (κ3) is 5.79. The Morgan fingerprint density at radius 3 is 2.34 bits per heavy atom. The van der Waals surface area contributed by atoms with Gasteiger partial charge in [-0.2, -0.15) is 0 Å². The zero-order valence-corrected chi connectivity index (χ0v) is 20.8. The molecule has 2 unspecified atom stereocenters. The van der Waals surface area contributed by atoms with E-state index in [1.54, 1.807) is 0 Å². The van der Waals surface area contributed by atoms with Crippen LogP contribution in [0.15, 0.2) is 0 Å². The van der Waals surface area contributed by atoms with E-state index in [9.17, 15) is 15.0 Å². The van der Waals surface area contributed by atoms with Gasteiger partial charge in [-0.25, -0.2) is 0 Å². The van der Waals surface area contributed by atoms with Gasteiger partial charge in [-0.1, -0.05) is 96.3 Å². The van der Waals surface area contributed by atoms with Crippen molar-refractivity contribution >= 4 is 5.78 Å². The number of carbonyl (C=O) groups excluding carboxylic acids is 1. The molecule has 3 saturated carbocycles. The zero-order chi connectivity index (χ0) is 23.0. The summed E-state index contributed by atoms with van der Waals surface area (Å²) in [7, 11) is 0. The average Bonchev–Trinajstić information content (AvgIpc) is 2.82. The molecule has 0 radical (unpaired) electrons. The maximum atomic E-state index is 13.5. The van der Waals surface area contributed by atoms with Gasteiger partial charge in [0.2, 0.25) is 0 Å². The number of unbranched alkanes of at least 4 members (excludes halogenated alkanes) is 6. The molecule has 3 rings (SSSR count). The number of hydrogen-bond donors (Lipinski definition) is 2. The number of hydrogen-bond acceptors (Lipinski definition) is 3. The molecule has 0 heterocycles. The van der Waals surface area contributed by atoms with E-state index >= 15 is 0 Å². The molecule has 3 aliphatic carbocycles. The summed E-state index contributed by atoms with van der Waals surface area (Å²) in [5, 5.41) is 21.7. The maximum absolute atomic E-state index is 13.5. The van der Waals surface area contributed by atoms with Crippen LogP contribution < -0.4 is 0 Å². The van der Waals surface area contributed by atoms with Gasteiger partial charge in [0.1, 0.15) is 11.9 Å². The number of carbonyl (C=O) groups is 1. The second kappa shape index (κ2) is 12.6. The molecular weight excluding hydrogens is 396 g/mol. The smallest absolute Gasteiger partial charge is 0.142 e. The van der Waals surface area contributed by atoms with Crippen LogP contribution in [0.3, 0.4) is 0 Å². The van der Waals surface area contributed by atoms with E-state index in [1.165, 1.54) is 57.8 Å². The van der Waals surface area contributed by atoms with E-state index in [1.807, 2.05) is 0 Å². The highest BCUT2D eigenvalue weighted by Gasteiger charge is 2.65. The summed E-state index contributed by atoms with van der Waals surface area (Å²) in [4.78, 5) is 13.5. The van der Waals surface area contributed by atoms with Crippen molar-refractivity contribution in [2.75, 3.05) is 0 Å². The molecule has 0 bridgehead atoms. The van der Waals surface area contributed by atoms with Crippen LogP contribution >= 0.6 is 0 Å². The van der Waals surface area contributed by atoms with Crippen LogP contribution in [0.1, 0.15) is 123 Å². The summed E-state index contributed by atoms with van der Waals surface area (Å²) >= 11 is 0. The highest BCUT2D eigenvalue weighted by Crippen LogP contribution is 2.62. The molecule has 0 amide bonds. The minimum Gasteiger partial charge on any atom is -0.392 e. The third-order valence-corrected chi connectivity index (χ3v) is 8.93. The fourth-order valence-corrected chi connectivity index (χ4v) is 7.01. The van der Waals surface area contributed by atoms with Crippen LogP contribution in [-0.2, 0) is 4.79 Å². The average molecular weight is 445 g/mol. The molecule has 3 nitrogen and oxygen atoms in total. The molecule has 0 aromatic rings. The standard InChI is InChI=1S/C29H48O3/c1-3-5-7-12-16-24-27-23(17-18-25(30)22-14-10-9-11-15-22)26(31)19-21-29(27,28(24)32)20-13-8-6-4-2/h22-27,30-31H,3-16,19-21H2,1-2H3/t23-,24?,25-,26+,27+,29?/m1/s1. The van der Waals surface area contributed by atoms with Gasteiger partial charge >= 0.3 is 0 Å². The number of fused-ring (bicyclic) bond motifs is 1. The van der Waals surface area contributed by atoms with Crippen LogP contribution in [0, 0.1) is 40.9 Å². The van der Waals surface area contributed by atoms with Crippen LogP contribution in [0.5, 0.6) is 0 Å². The largest absolute Gasteiger partial charge is 0.392 e. The summed E-state index contributed by atoms with van der Waals surface area (Å²) in [6.07, 6.45) is 17.6. The van der Waals surface area contributed by atoms with Gasteiger partial charge in [0.25, 0.3) is 0 Å². The summed E-state index contributed by atoms with van der Waals surface area (Å²) in [5.74, 6) is 7.41. The second-order valence-electron chi connectivity index (χ2n) is 11.1. The highest BCUT2D eigenvalue weighted by molar-refractivity contribution is 5.94. The van der Waals surface area contributed by atoms with E-state index in [-0.39, 0.29) is 29.1 Å². The topological polar surface area (TPSA) is 57.5 Å². The van der Waals surface area contributed by atoms with E-state index in [4.69, 9.17) is 0 Å². The first-order valence-electron chi connectivity index (χ1n) is 14.0. The van der Waals surface area contributed by atoms with Crippen molar-refractivity contribution < 1.29 is 15.0 Å². The molecule has 3 fully saturated rings. The lowest BCUT2D eigenvalue weighted by Crippen LogP contribution is -2.64. The first kappa shape index (κ1) is 25.8. The number of ketones is 1. The highest BCUT2D eigenvalue weighted by atomic mass is 16.3. The summed E-state index contributed by atoms with van der Waals surface area (Å²) in [6.45, 7) is 4.44. The Balaban J connectivity index is 1.74. The lowest BCUT2D eigenvalue weighted by atomic mass is 9.42. The first-order chi connectivity index (χ1) is 15.5. The summed E-state index contributed by atoms with van der Waals surface area (Å²) in [6, 6.07) is 0.